The van der Waals surface area contributed by atoms with Gasteiger partial charge in [-0.25, -0.2) is 0 Å². The SMILES string of the molecule is Cc1cc(Br)c(OCC2(C)CO2)c(Br)c1Br. The smallest absolute Gasteiger partial charge is 0.148 e. The second kappa shape index (κ2) is 4.59. The Bertz CT molecular complexity index is 428. The van der Waals surface area contributed by atoms with Crippen molar-refractivity contribution in [3.8, 4) is 5.75 Å². The number of ether oxygens (including phenoxy) is 2. The van der Waals surface area contributed by atoms with Crippen LogP contribution in [0.4, 0.5) is 0 Å². The average molecular weight is 415 g/mol. The first-order chi connectivity index (χ1) is 7.43. The molecule has 1 saturated heterocycles. The fourth-order valence-corrected chi connectivity index (χ4v) is 3.12. The summed E-state index contributed by atoms with van der Waals surface area (Å²) in [4.78, 5) is 0. The van der Waals surface area contributed by atoms with Crippen LogP contribution in [0.25, 0.3) is 0 Å². The number of halogens is 3. The zero-order valence-electron chi connectivity index (χ0n) is 8.94. The van der Waals surface area contributed by atoms with Crippen molar-refractivity contribution in [3.05, 3.63) is 25.0 Å². The summed E-state index contributed by atoms with van der Waals surface area (Å²) in [5, 5.41) is 0. The summed E-state index contributed by atoms with van der Waals surface area (Å²) >= 11 is 10.6. The van der Waals surface area contributed by atoms with Crippen LogP contribution in [0.15, 0.2) is 19.5 Å². The quantitative estimate of drug-likeness (QED) is 0.538. The number of hydrogen-bond donors (Lipinski definition) is 0. The molecule has 2 nitrogen and oxygen atoms in total. The second-order valence-electron chi connectivity index (χ2n) is 4.16. The van der Waals surface area contributed by atoms with Crippen LogP contribution in [0.1, 0.15) is 12.5 Å². The topological polar surface area (TPSA) is 21.8 Å². The molecule has 5 heteroatoms. The van der Waals surface area contributed by atoms with Gasteiger partial charge in [0, 0.05) is 4.47 Å². The molecule has 1 fully saturated rings. The molecule has 1 aromatic carbocycles. The molecular formula is C11H11Br3O2. The van der Waals surface area contributed by atoms with Crippen molar-refractivity contribution >= 4 is 47.8 Å². The monoisotopic (exact) mass is 412 g/mol. The molecule has 0 saturated carbocycles. The first-order valence-electron chi connectivity index (χ1n) is 4.84. The van der Waals surface area contributed by atoms with Crippen LogP contribution in [0, 0.1) is 6.92 Å². The minimum atomic E-state index is -0.101. The molecule has 1 heterocycles. The molecule has 0 radical (unpaired) electrons. The van der Waals surface area contributed by atoms with E-state index in [1.54, 1.807) is 0 Å². The van der Waals surface area contributed by atoms with Gasteiger partial charge in [-0.1, -0.05) is 0 Å². The number of epoxide rings is 1. The molecule has 88 valence electrons. The van der Waals surface area contributed by atoms with E-state index in [4.69, 9.17) is 9.47 Å². The lowest BCUT2D eigenvalue weighted by Crippen LogP contribution is -2.17. The zero-order valence-corrected chi connectivity index (χ0v) is 13.7. The van der Waals surface area contributed by atoms with Crippen molar-refractivity contribution in [3.63, 3.8) is 0 Å². The lowest BCUT2D eigenvalue weighted by Gasteiger charge is -2.14. The average Bonchev–Trinajstić information content (AvgIpc) is 2.93. The maximum absolute atomic E-state index is 5.78. The summed E-state index contributed by atoms with van der Waals surface area (Å²) < 4.78 is 14.0. The zero-order chi connectivity index (χ0) is 11.9. The van der Waals surface area contributed by atoms with Crippen LogP contribution < -0.4 is 4.74 Å². The van der Waals surface area contributed by atoms with E-state index in [0.29, 0.717) is 6.61 Å². The fraction of sp³-hybridized carbons (Fsp3) is 0.455. The third kappa shape index (κ3) is 2.63. The summed E-state index contributed by atoms with van der Waals surface area (Å²) in [6, 6.07) is 2.03. The van der Waals surface area contributed by atoms with E-state index in [9.17, 15) is 0 Å². The lowest BCUT2D eigenvalue weighted by molar-refractivity contribution is 0.200. The summed E-state index contributed by atoms with van der Waals surface area (Å²) in [7, 11) is 0. The van der Waals surface area contributed by atoms with Crippen molar-refractivity contribution in [2.45, 2.75) is 19.4 Å². The summed E-state index contributed by atoms with van der Waals surface area (Å²) in [5.41, 5.74) is 1.05. The van der Waals surface area contributed by atoms with E-state index in [1.165, 1.54) is 0 Å². The van der Waals surface area contributed by atoms with E-state index in [1.807, 2.05) is 19.9 Å². The largest absolute Gasteiger partial charge is 0.488 e. The van der Waals surface area contributed by atoms with Crippen LogP contribution in [-0.2, 0) is 4.74 Å². The molecular weight excluding hydrogens is 404 g/mol. The van der Waals surface area contributed by atoms with Crippen LogP contribution in [0.2, 0.25) is 0 Å². The van der Waals surface area contributed by atoms with Crippen molar-refractivity contribution in [2.75, 3.05) is 13.2 Å². The third-order valence-corrected chi connectivity index (χ3v) is 5.36. The Hall–Kier alpha value is 0.420. The van der Waals surface area contributed by atoms with Gasteiger partial charge in [0.15, 0.2) is 0 Å². The lowest BCUT2D eigenvalue weighted by atomic mass is 10.2. The maximum atomic E-state index is 5.78. The van der Waals surface area contributed by atoms with E-state index in [-0.39, 0.29) is 5.60 Å². The Balaban J connectivity index is 2.22. The van der Waals surface area contributed by atoms with Gasteiger partial charge in [-0.15, -0.1) is 0 Å². The first kappa shape index (κ1) is 12.9. The third-order valence-electron chi connectivity index (χ3n) is 2.46. The van der Waals surface area contributed by atoms with E-state index < -0.39 is 0 Å². The van der Waals surface area contributed by atoms with Crippen LogP contribution in [-0.4, -0.2) is 18.8 Å². The molecule has 2 rings (SSSR count). The van der Waals surface area contributed by atoms with Gasteiger partial charge in [0.1, 0.15) is 18.0 Å². The van der Waals surface area contributed by atoms with Gasteiger partial charge in [0.25, 0.3) is 0 Å². The molecule has 0 aliphatic carbocycles. The molecule has 16 heavy (non-hydrogen) atoms. The molecule has 1 unspecified atom stereocenters. The molecule has 1 aliphatic rings. The highest BCUT2D eigenvalue weighted by atomic mass is 79.9. The van der Waals surface area contributed by atoms with Crippen LogP contribution in [0.5, 0.6) is 5.75 Å². The fourth-order valence-electron chi connectivity index (χ4n) is 1.26. The summed E-state index contributed by atoms with van der Waals surface area (Å²) in [6.07, 6.45) is 0. The van der Waals surface area contributed by atoms with Gasteiger partial charge >= 0.3 is 0 Å². The highest BCUT2D eigenvalue weighted by molar-refractivity contribution is 9.13. The predicted octanol–water partition coefficient (Wildman–Crippen LogP) is 4.45. The standard InChI is InChI=1S/C11H11Br3O2/c1-6-3-7(12)10(9(14)8(6)13)15-4-11(2)5-16-11/h3H,4-5H2,1-2H3. The molecule has 0 bridgehead atoms. The number of rotatable bonds is 3. The molecule has 1 aromatic rings. The second-order valence-corrected chi connectivity index (χ2v) is 6.60. The summed E-state index contributed by atoms with van der Waals surface area (Å²) in [6.45, 7) is 5.42. The Morgan fingerprint density at radius 2 is 2.00 bits per heavy atom. The Morgan fingerprint density at radius 3 is 2.56 bits per heavy atom. The van der Waals surface area contributed by atoms with E-state index in [0.717, 1.165) is 31.3 Å². The minimum absolute atomic E-state index is 0.101. The van der Waals surface area contributed by atoms with Crippen LogP contribution in [0.3, 0.4) is 0 Å². The molecule has 1 atom stereocenters. The van der Waals surface area contributed by atoms with Crippen LogP contribution >= 0.6 is 47.8 Å². The Morgan fingerprint density at radius 1 is 1.38 bits per heavy atom. The van der Waals surface area contributed by atoms with Crippen molar-refractivity contribution in [1.29, 1.82) is 0 Å². The van der Waals surface area contributed by atoms with Gasteiger partial charge in [-0.05, 0) is 73.3 Å². The Labute approximate surface area is 120 Å². The van der Waals surface area contributed by atoms with Crippen molar-refractivity contribution in [2.24, 2.45) is 0 Å². The van der Waals surface area contributed by atoms with E-state index in [2.05, 4.69) is 47.8 Å². The van der Waals surface area contributed by atoms with Gasteiger partial charge in [-0.2, -0.15) is 0 Å². The highest BCUT2D eigenvalue weighted by Gasteiger charge is 2.40. The Kier molecular flexibility index (Phi) is 3.69. The van der Waals surface area contributed by atoms with Crippen molar-refractivity contribution in [1.82, 2.24) is 0 Å². The van der Waals surface area contributed by atoms with Crippen molar-refractivity contribution < 1.29 is 9.47 Å². The predicted molar refractivity (Wildman–Crippen MR) is 74.1 cm³/mol. The number of aryl methyl sites for hydroxylation is 1. The molecule has 0 N–H and O–H groups in total. The molecule has 0 spiro atoms. The van der Waals surface area contributed by atoms with Gasteiger partial charge < -0.3 is 9.47 Å². The normalized spacial score (nSPS) is 23.3. The number of hydrogen-bond acceptors (Lipinski definition) is 2. The molecule has 0 amide bonds. The van der Waals surface area contributed by atoms with E-state index >= 15 is 0 Å². The minimum Gasteiger partial charge on any atom is -0.488 e. The van der Waals surface area contributed by atoms with Gasteiger partial charge in [-0.3, -0.25) is 0 Å². The maximum Gasteiger partial charge on any atom is 0.148 e. The number of benzene rings is 1. The van der Waals surface area contributed by atoms with Gasteiger partial charge in [0.05, 0.1) is 15.6 Å². The summed E-state index contributed by atoms with van der Waals surface area (Å²) in [5.74, 6) is 0.814. The highest BCUT2D eigenvalue weighted by Crippen LogP contribution is 2.41. The molecule has 0 aromatic heterocycles. The molecule has 1 aliphatic heterocycles. The van der Waals surface area contributed by atoms with Gasteiger partial charge in [0.2, 0.25) is 0 Å². The first-order valence-corrected chi connectivity index (χ1v) is 7.22.